The van der Waals surface area contributed by atoms with Gasteiger partial charge in [0.05, 0.1) is 15.9 Å². The summed E-state index contributed by atoms with van der Waals surface area (Å²) in [4.78, 5) is 15.1. The molecule has 0 aliphatic carbocycles. The number of aliphatic imine (C=N–C) groups is 1. The van der Waals surface area contributed by atoms with Gasteiger partial charge in [-0.15, -0.1) is 0 Å². The van der Waals surface area contributed by atoms with Crippen LogP contribution in [0.25, 0.3) is 0 Å². The van der Waals surface area contributed by atoms with Gasteiger partial charge in [0.2, 0.25) is 5.91 Å². The first-order chi connectivity index (χ1) is 22.9. The number of hydrogen-bond acceptors (Lipinski definition) is 8. The predicted molar refractivity (Wildman–Crippen MR) is 202 cm³/mol. The summed E-state index contributed by atoms with van der Waals surface area (Å²) < 4.78 is 60.7. The van der Waals surface area contributed by atoms with Crippen molar-refractivity contribution in [1.82, 2.24) is 5.32 Å². The number of nitrogens with one attached hydrogen (secondary N) is 1. The van der Waals surface area contributed by atoms with E-state index in [0.717, 1.165) is 25.7 Å². The molecular weight excluding hydrogens is 693 g/mol. The molecule has 0 saturated heterocycles. The Balaban J connectivity index is -0.000000846. The van der Waals surface area contributed by atoms with Crippen LogP contribution in [0.3, 0.4) is 0 Å². The van der Waals surface area contributed by atoms with Crippen LogP contribution in [0.15, 0.2) is 29.3 Å². The summed E-state index contributed by atoms with van der Waals surface area (Å²) in [5.74, 6) is -1.36. The fourth-order valence-electron chi connectivity index (χ4n) is 4.88. The van der Waals surface area contributed by atoms with Crippen molar-refractivity contribution in [3.63, 3.8) is 0 Å². The number of carbonyl (C=O) groups excluding carboxylic acids is 1. The first kappa shape index (κ1) is 52.9. The minimum Gasteiger partial charge on any atom is -0.859 e. The van der Waals surface area contributed by atoms with E-state index in [4.69, 9.17) is 4.55 Å². The predicted octanol–water partition coefficient (Wildman–Crippen LogP) is 7.41. The van der Waals surface area contributed by atoms with Gasteiger partial charge in [-0.25, -0.2) is 8.42 Å². The Bertz CT molecular complexity index is 1050. The standard InChI is InChI=1S/2C18H35NO4S.Ca/c2*1-2-3-4-5-6-7-8-9-10-11-12-13-15-18(20)19-16-14-17-24(21,22)23;/h2*13,15H,2-12,14,16-17H2,1H3,(H,19,20)(H,21,22,23);/q;;+2/p-2/b2*15-13+;. The average Bonchev–Trinajstić information content (AvgIpc) is 3.02. The van der Waals surface area contributed by atoms with E-state index in [1.165, 1.54) is 128 Å². The van der Waals surface area contributed by atoms with Crippen molar-refractivity contribution in [3.8, 4) is 0 Å². The third-order valence-corrected chi connectivity index (χ3v) is 9.27. The second kappa shape index (κ2) is 38.7. The Kier molecular flexibility index (Phi) is 41.8. The first-order valence-corrected chi connectivity index (χ1v) is 21.8. The second-order valence-corrected chi connectivity index (χ2v) is 15.6. The topological polar surface area (TPSA) is 176 Å². The molecule has 0 aliphatic heterocycles. The molecule has 10 nitrogen and oxygen atoms in total. The molecule has 0 bridgehead atoms. The Hall–Kier alpha value is -0.500. The van der Waals surface area contributed by atoms with Crippen LogP contribution in [-0.2, 0) is 25.0 Å². The van der Waals surface area contributed by atoms with Gasteiger partial charge in [0, 0.05) is 18.8 Å². The van der Waals surface area contributed by atoms with Gasteiger partial charge in [-0.1, -0.05) is 148 Å². The quantitative estimate of drug-likeness (QED) is 0.0178. The molecule has 0 rings (SSSR count). The van der Waals surface area contributed by atoms with E-state index in [1.54, 1.807) is 0 Å². The van der Waals surface area contributed by atoms with E-state index in [0.29, 0.717) is 0 Å². The Morgan fingerprint density at radius 2 is 1.04 bits per heavy atom. The molecule has 0 saturated carbocycles. The van der Waals surface area contributed by atoms with E-state index < -0.39 is 26.0 Å². The summed E-state index contributed by atoms with van der Waals surface area (Å²) in [6.45, 7) is 4.81. The van der Waals surface area contributed by atoms with Crippen molar-refractivity contribution >= 4 is 69.8 Å². The molecule has 2 N–H and O–H groups in total. The van der Waals surface area contributed by atoms with Crippen molar-refractivity contribution in [2.75, 3.05) is 24.6 Å². The van der Waals surface area contributed by atoms with Crippen molar-refractivity contribution in [3.05, 3.63) is 24.3 Å². The van der Waals surface area contributed by atoms with Crippen LogP contribution in [0.5, 0.6) is 0 Å². The van der Waals surface area contributed by atoms with Gasteiger partial charge in [0.25, 0.3) is 10.1 Å². The Morgan fingerprint density at radius 1 is 0.633 bits per heavy atom. The Labute approximate surface area is 330 Å². The number of carbonyl (C=O) groups is 1. The number of hydrogen-bond donors (Lipinski definition) is 2. The molecule has 0 radical (unpaired) electrons. The smallest absolute Gasteiger partial charge is 0.859 e. The maximum Gasteiger partial charge on any atom is 2.00 e. The van der Waals surface area contributed by atoms with Gasteiger partial charge in [-0.3, -0.25) is 9.35 Å². The minimum absolute atomic E-state index is 0. The number of nitrogens with zero attached hydrogens (tertiary/aromatic N) is 1. The molecule has 0 fully saturated rings. The van der Waals surface area contributed by atoms with Crippen molar-refractivity contribution in [2.24, 2.45) is 4.99 Å². The molecule has 0 heterocycles. The number of unbranched alkanes of at least 4 members (excludes halogenated alkanes) is 20. The fourth-order valence-corrected chi connectivity index (χ4v) is 5.87. The van der Waals surface area contributed by atoms with Gasteiger partial charge in [-0.2, -0.15) is 8.42 Å². The SMILES string of the molecule is CCCCCCCCCCCC/C=C/C(=O)NCCCS(=O)(=O)O.CCCCCCCCCCCC/C=C/C([O-])=NCCCS(=O)(=O)[O-].[Ca+2]. The van der Waals surface area contributed by atoms with Crippen LogP contribution in [0.4, 0.5) is 0 Å². The van der Waals surface area contributed by atoms with Crippen LogP contribution in [0.2, 0.25) is 0 Å². The van der Waals surface area contributed by atoms with E-state index in [-0.39, 0.29) is 81.2 Å². The summed E-state index contributed by atoms with van der Waals surface area (Å²) in [7, 11) is -8.13. The first-order valence-electron chi connectivity index (χ1n) is 18.6. The molecular formula is C36H68CaN2O8S2. The zero-order valence-corrected chi connectivity index (χ0v) is 34.7. The van der Waals surface area contributed by atoms with Gasteiger partial charge < -0.3 is 20.0 Å². The average molecular weight is 761 g/mol. The molecule has 1 amide bonds. The molecule has 0 spiro atoms. The van der Waals surface area contributed by atoms with Crippen molar-refractivity contribution < 1.29 is 35.8 Å². The van der Waals surface area contributed by atoms with Crippen LogP contribution in [0, 0.1) is 0 Å². The third kappa shape index (κ3) is 52.0. The third-order valence-electron chi connectivity index (χ3n) is 7.68. The molecule has 0 aromatic rings. The van der Waals surface area contributed by atoms with Gasteiger partial charge in [-0.05, 0) is 50.5 Å². The summed E-state index contributed by atoms with van der Waals surface area (Å²) >= 11 is 0. The molecule has 284 valence electrons. The largest absolute Gasteiger partial charge is 2.00 e. The summed E-state index contributed by atoms with van der Waals surface area (Å²) in [6, 6.07) is 0. The Morgan fingerprint density at radius 3 is 1.45 bits per heavy atom. The molecule has 0 unspecified atom stereocenters. The van der Waals surface area contributed by atoms with Crippen molar-refractivity contribution in [2.45, 2.75) is 168 Å². The van der Waals surface area contributed by atoms with Gasteiger partial charge in [0.1, 0.15) is 0 Å². The molecule has 13 heteroatoms. The van der Waals surface area contributed by atoms with Crippen molar-refractivity contribution in [1.29, 1.82) is 0 Å². The molecule has 0 aromatic heterocycles. The second-order valence-electron chi connectivity index (χ2n) is 12.5. The number of rotatable bonds is 32. The minimum atomic E-state index is -4.20. The fraction of sp³-hybridized carbons (Fsp3) is 0.833. The molecule has 49 heavy (non-hydrogen) atoms. The van der Waals surface area contributed by atoms with Crippen LogP contribution in [0.1, 0.15) is 168 Å². The molecule has 0 atom stereocenters. The zero-order chi connectivity index (χ0) is 36.2. The maximum atomic E-state index is 11.4. The van der Waals surface area contributed by atoms with E-state index in [2.05, 4.69) is 24.2 Å². The van der Waals surface area contributed by atoms with E-state index in [1.807, 2.05) is 12.2 Å². The summed E-state index contributed by atoms with van der Waals surface area (Å²) in [5.41, 5.74) is 0. The number of amides is 1. The molecule has 0 aliphatic rings. The monoisotopic (exact) mass is 760 g/mol. The zero-order valence-electron chi connectivity index (χ0n) is 30.9. The normalized spacial score (nSPS) is 12.2. The van der Waals surface area contributed by atoms with E-state index in [9.17, 15) is 31.3 Å². The van der Waals surface area contributed by atoms with Crippen LogP contribution >= 0.6 is 0 Å². The van der Waals surface area contributed by atoms with E-state index >= 15 is 0 Å². The van der Waals surface area contributed by atoms with Gasteiger partial charge in [0.15, 0.2) is 0 Å². The van der Waals surface area contributed by atoms with Crippen LogP contribution in [-0.4, -0.2) is 100 Å². The summed E-state index contributed by atoms with van der Waals surface area (Å²) in [5, 5.41) is 14.0. The molecule has 0 aromatic carbocycles. The summed E-state index contributed by atoms with van der Waals surface area (Å²) in [6.07, 6.45) is 34.6. The van der Waals surface area contributed by atoms with Gasteiger partial charge >= 0.3 is 37.7 Å². The van der Waals surface area contributed by atoms with Crippen LogP contribution < -0.4 is 10.4 Å². The number of allylic oxidation sites excluding steroid dienone is 2. The maximum absolute atomic E-state index is 11.4.